The normalized spacial score (nSPS) is 16.4. The predicted octanol–water partition coefficient (Wildman–Crippen LogP) is 2.03. The molecule has 1 N–H and O–H groups in total. The first-order chi connectivity index (χ1) is 10.1. The van der Waals surface area contributed by atoms with Gasteiger partial charge in [-0.05, 0) is 28.9 Å². The predicted molar refractivity (Wildman–Crippen MR) is 80.9 cm³/mol. The molecule has 2 aromatic heterocycles. The Morgan fingerprint density at radius 2 is 2.14 bits per heavy atom. The van der Waals surface area contributed by atoms with E-state index in [9.17, 15) is 4.79 Å². The molecule has 0 unspecified atom stereocenters. The number of aryl methyl sites for hydroxylation is 1. The molecule has 3 heterocycles. The molecule has 112 valence electrons. The lowest BCUT2D eigenvalue weighted by atomic mass is 10.2. The number of rotatable bonds is 3. The number of nitrogens with one attached hydrogen (secondary N) is 1. The summed E-state index contributed by atoms with van der Waals surface area (Å²) in [6, 6.07) is 3.76. The molecule has 1 aliphatic rings. The second-order valence-electron chi connectivity index (χ2n) is 5.23. The Hall–Kier alpha value is -1.60. The Bertz CT molecular complexity index is 628. The number of hydrogen-bond donors (Lipinski definition) is 1. The van der Waals surface area contributed by atoms with Gasteiger partial charge in [0.05, 0.1) is 12.2 Å². The zero-order valence-electron chi connectivity index (χ0n) is 11.8. The van der Waals surface area contributed by atoms with Gasteiger partial charge in [-0.2, -0.15) is 0 Å². The van der Waals surface area contributed by atoms with Crippen LogP contribution < -0.4 is 0 Å². The lowest BCUT2D eigenvalue weighted by molar-refractivity contribution is 0.0612. The van der Waals surface area contributed by atoms with Crippen LogP contribution in [-0.4, -0.2) is 52.0 Å². The highest BCUT2D eigenvalue weighted by Gasteiger charge is 2.23. The summed E-state index contributed by atoms with van der Waals surface area (Å²) in [5, 5.41) is 3.89. The van der Waals surface area contributed by atoms with Gasteiger partial charge in [-0.1, -0.05) is 5.16 Å². The molecule has 1 amide bonds. The van der Waals surface area contributed by atoms with Crippen molar-refractivity contribution < 1.29 is 9.32 Å². The van der Waals surface area contributed by atoms with Gasteiger partial charge in [-0.15, -0.1) is 0 Å². The topological polar surface area (TPSA) is 65.4 Å². The molecule has 0 spiro atoms. The largest absolute Gasteiger partial charge is 0.360 e. The fourth-order valence-corrected chi connectivity index (χ4v) is 2.83. The van der Waals surface area contributed by atoms with Crippen molar-refractivity contribution in [1.82, 2.24) is 19.9 Å². The van der Waals surface area contributed by atoms with Crippen molar-refractivity contribution in [3.8, 4) is 0 Å². The number of aromatic nitrogens is 2. The maximum atomic E-state index is 12.3. The van der Waals surface area contributed by atoms with Gasteiger partial charge in [0.25, 0.3) is 5.91 Å². The summed E-state index contributed by atoms with van der Waals surface area (Å²) in [6.07, 6.45) is 1.77. The van der Waals surface area contributed by atoms with E-state index in [4.69, 9.17) is 4.52 Å². The van der Waals surface area contributed by atoms with Crippen LogP contribution in [0.1, 0.15) is 21.9 Å². The molecule has 0 aliphatic carbocycles. The minimum Gasteiger partial charge on any atom is -0.360 e. The molecule has 0 aromatic carbocycles. The first-order valence-electron chi connectivity index (χ1n) is 6.89. The molecule has 2 aromatic rings. The molecule has 0 saturated carbocycles. The molecule has 0 atom stereocenters. The van der Waals surface area contributed by atoms with Gasteiger partial charge >= 0.3 is 0 Å². The van der Waals surface area contributed by atoms with Gasteiger partial charge in [-0.25, -0.2) is 0 Å². The number of hydrogen-bond acceptors (Lipinski definition) is 4. The Kier molecular flexibility index (Phi) is 4.12. The zero-order valence-corrected chi connectivity index (χ0v) is 13.4. The number of aromatic amines is 1. The van der Waals surface area contributed by atoms with Crippen molar-refractivity contribution in [2.45, 2.75) is 13.5 Å². The minimum absolute atomic E-state index is 0.0517. The average Bonchev–Trinajstić information content (AvgIpc) is 3.08. The first kappa shape index (κ1) is 14.3. The van der Waals surface area contributed by atoms with Crippen molar-refractivity contribution in [1.29, 1.82) is 0 Å². The fraction of sp³-hybridized carbons (Fsp3) is 0.429. The maximum absolute atomic E-state index is 12.3. The van der Waals surface area contributed by atoms with Gasteiger partial charge in [-0.3, -0.25) is 9.69 Å². The van der Waals surface area contributed by atoms with Gasteiger partial charge < -0.3 is 14.4 Å². The van der Waals surface area contributed by atoms with E-state index in [2.05, 4.69) is 31.0 Å². The average molecular weight is 353 g/mol. The van der Waals surface area contributed by atoms with E-state index in [1.807, 2.05) is 24.0 Å². The quantitative estimate of drug-likeness (QED) is 0.917. The van der Waals surface area contributed by atoms with Crippen LogP contribution in [0.5, 0.6) is 0 Å². The number of carbonyl (C=O) groups is 1. The summed E-state index contributed by atoms with van der Waals surface area (Å²) in [7, 11) is 0. The molecule has 0 radical (unpaired) electrons. The molecular formula is C14H17BrN4O2. The molecule has 7 heteroatoms. The van der Waals surface area contributed by atoms with E-state index in [0.717, 1.165) is 48.7 Å². The van der Waals surface area contributed by atoms with Crippen molar-refractivity contribution in [2.24, 2.45) is 0 Å². The minimum atomic E-state index is 0.0517. The summed E-state index contributed by atoms with van der Waals surface area (Å²) in [5.74, 6) is 0.927. The molecule has 6 nitrogen and oxygen atoms in total. The Morgan fingerprint density at radius 1 is 1.38 bits per heavy atom. The van der Waals surface area contributed by atoms with Crippen LogP contribution in [0.2, 0.25) is 0 Å². The van der Waals surface area contributed by atoms with E-state index >= 15 is 0 Å². The van der Waals surface area contributed by atoms with Gasteiger partial charge in [0.2, 0.25) is 0 Å². The maximum Gasteiger partial charge on any atom is 0.270 e. The van der Waals surface area contributed by atoms with Crippen molar-refractivity contribution in [3.63, 3.8) is 0 Å². The third-order valence-electron chi connectivity index (χ3n) is 3.59. The van der Waals surface area contributed by atoms with E-state index in [0.29, 0.717) is 5.69 Å². The van der Waals surface area contributed by atoms with Crippen molar-refractivity contribution in [2.75, 3.05) is 26.2 Å². The monoisotopic (exact) mass is 352 g/mol. The van der Waals surface area contributed by atoms with E-state index in [-0.39, 0.29) is 5.91 Å². The number of H-pyrrole nitrogens is 1. The summed E-state index contributed by atoms with van der Waals surface area (Å²) >= 11 is 3.35. The molecule has 1 saturated heterocycles. The number of halogens is 1. The van der Waals surface area contributed by atoms with Gasteiger partial charge in [0.15, 0.2) is 5.76 Å². The number of carbonyl (C=O) groups excluding carboxylic acids is 1. The molecule has 3 rings (SSSR count). The standard InChI is InChI=1S/C14H17BrN4O2/c1-10-6-12(21-17-10)9-18-2-4-19(5-3-18)14(20)13-7-11(15)8-16-13/h6-8,16H,2-5,9H2,1H3. The Balaban J connectivity index is 1.54. The van der Waals surface area contributed by atoms with Gasteiger partial charge in [0, 0.05) is 42.9 Å². The lowest BCUT2D eigenvalue weighted by Gasteiger charge is -2.33. The van der Waals surface area contributed by atoms with Crippen LogP contribution in [0.3, 0.4) is 0 Å². The summed E-state index contributed by atoms with van der Waals surface area (Å²) in [6.45, 7) is 5.79. The fourth-order valence-electron chi connectivity index (χ4n) is 2.48. The van der Waals surface area contributed by atoms with Crippen LogP contribution in [0.4, 0.5) is 0 Å². The van der Waals surface area contributed by atoms with Crippen LogP contribution in [-0.2, 0) is 6.54 Å². The molecule has 0 bridgehead atoms. The summed E-state index contributed by atoms with van der Waals surface area (Å²) in [5.41, 5.74) is 1.53. The SMILES string of the molecule is Cc1cc(CN2CCN(C(=O)c3cc(Br)c[nH]3)CC2)on1. The lowest BCUT2D eigenvalue weighted by Crippen LogP contribution is -2.48. The summed E-state index contributed by atoms with van der Waals surface area (Å²) < 4.78 is 6.12. The first-order valence-corrected chi connectivity index (χ1v) is 7.69. The van der Waals surface area contributed by atoms with Crippen LogP contribution in [0, 0.1) is 6.92 Å². The molecule has 1 fully saturated rings. The van der Waals surface area contributed by atoms with Gasteiger partial charge in [0.1, 0.15) is 5.69 Å². The number of amides is 1. The van der Waals surface area contributed by atoms with Crippen LogP contribution in [0.15, 0.2) is 27.3 Å². The second kappa shape index (κ2) is 6.03. The second-order valence-corrected chi connectivity index (χ2v) is 6.15. The zero-order chi connectivity index (χ0) is 14.8. The highest BCUT2D eigenvalue weighted by atomic mass is 79.9. The highest BCUT2D eigenvalue weighted by molar-refractivity contribution is 9.10. The highest BCUT2D eigenvalue weighted by Crippen LogP contribution is 2.15. The van der Waals surface area contributed by atoms with Crippen LogP contribution >= 0.6 is 15.9 Å². The van der Waals surface area contributed by atoms with Crippen LogP contribution in [0.25, 0.3) is 0 Å². The van der Waals surface area contributed by atoms with E-state index in [1.165, 1.54) is 0 Å². The Morgan fingerprint density at radius 3 is 2.71 bits per heavy atom. The molecular weight excluding hydrogens is 336 g/mol. The number of piperazine rings is 1. The van der Waals surface area contributed by atoms with Crippen molar-refractivity contribution in [3.05, 3.63) is 40.0 Å². The van der Waals surface area contributed by atoms with E-state index < -0.39 is 0 Å². The molecule has 21 heavy (non-hydrogen) atoms. The van der Waals surface area contributed by atoms with E-state index in [1.54, 1.807) is 6.20 Å². The third-order valence-corrected chi connectivity index (χ3v) is 4.05. The molecule has 1 aliphatic heterocycles. The smallest absolute Gasteiger partial charge is 0.270 e. The van der Waals surface area contributed by atoms with Crippen molar-refractivity contribution >= 4 is 21.8 Å². The third kappa shape index (κ3) is 3.36. The Labute approximate surface area is 131 Å². The summed E-state index contributed by atoms with van der Waals surface area (Å²) in [4.78, 5) is 19.4. The number of nitrogens with zero attached hydrogens (tertiary/aromatic N) is 3.